The molecular formula is C16H10N4. The van der Waals surface area contributed by atoms with Crippen molar-refractivity contribution in [2.45, 2.75) is 6.42 Å². The molecule has 4 nitrogen and oxygen atoms in total. The molecule has 2 aromatic carbocycles. The molecule has 1 aliphatic rings. The Balaban J connectivity index is 1.90. The first-order valence-electron chi connectivity index (χ1n) is 6.17. The Kier molecular flexibility index (Phi) is 2.91. The van der Waals surface area contributed by atoms with Crippen LogP contribution in [0.1, 0.15) is 11.1 Å². The predicted octanol–water partition coefficient (Wildman–Crippen LogP) is 3.07. The van der Waals surface area contributed by atoms with Crippen LogP contribution in [-0.4, -0.2) is 5.71 Å². The zero-order valence-corrected chi connectivity index (χ0v) is 10.6. The van der Waals surface area contributed by atoms with E-state index in [0.29, 0.717) is 0 Å². The fraction of sp³-hybridized carbons (Fsp3) is 0.0625. The van der Waals surface area contributed by atoms with Gasteiger partial charge in [-0.15, -0.1) is 0 Å². The van der Waals surface area contributed by atoms with E-state index in [9.17, 15) is 0 Å². The molecule has 0 amide bonds. The first kappa shape index (κ1) is 12.0. The van der Waals surface area contributed by atoms with Crippen LogP contribution in [0.2, 0.25) is 0 Å². The van der Waals surface area contributed by atoms with Crippen molar-refractivity contribution in [2.24, 2.45) is 5.10 Å². The van der Waals surface area contributed by atoms with E-state index in [1.165, 1.54) is 22.3 Å². The summed E-state index contributed by atoms with van der Waals surface area (Å²) < 4.78 is 0. The number of nitriles is 2. The minimum atomic E-state index is -0.186. The number of nitrogens with one attached hydrogen (secondary N) is 1. The van der Waals surface area contributed by atoms with Gasteiger partial charge in [-0.3, -0.25) is 5.43 Å². The zero-order chi connectivity index (χ0) is 13.9. The Bertz CT molecular complexity index is 775. The van der Waals surface area contributed by atoms with Crippen LogP contribution in [-0.2, 0) is 6.42 Å². The lowest BCUT2D eigenvalue weighted by atomic mass is 10.1. The molecule has 0 aliphatic heterocycles. The second-order valence-electron chi connectivity index (χ2n) is 4.50. The minimum absolute atomic E-state index is 0.186. The van der Waals surface area contributed by atoms with Crippen LogP contribution in [0.15, 0.2) is 47.6 Å². The largest absolute Gasteiger partial charge is 0.277 e. The lowest BCUT2D eigenvalue weighted by Crippen LogP contribution is -1.96. The molecule has 1 N–H and O–H groups in total. The smallest absolute Gasteiger partial charge is 0.237 e. The Morgan fingerprint density at radius 1 is 1.00 bits per heavy atom. The third kappa shape index (κ3) is 2.00. The summed E-state index contributed by atoms with van der Waals surface area (Å²) >= 11 is 0. The van der Waals surface area contributed by atoms with E-state index in [2.05, 4.69) is 22.7 Å². The normalized spacial score (nSPS) is 10.7. The van der Waals surface area contributed by atoms with Crippen LogP contribution in [0.5, 0.6) is 0 Å². The van der Waals surface area contributed by atoms with E-state index in [-0.39, 0.29) is 5.71 Å². The molecule has 0 unspecified atom stereocenters. The summed E-state index contributed by atoms with van der Waals surface area (Å²) in [7, 11) is 0. The number of hydrazone groups is 1. The lowest BCUT2D eigenvalue weighted by molar-refractivity contribution is 1.25. The molecule has 3 rings (SSSR count). The molecule has 0 heterocycles. The number of fused-ring (bicyclic) bond motifs is 3. The predicted molar refractivity (Wildman–Crippen MR) is 77.0 cm³/mol. The van der Waals surface area contributed by atoms with Crippen molar-refractivity contribution in [1.29, 1.82) is 10.5 Å². The van der Waals surface area contributed by atoms with Gasteiger partial charge in [-0.2, -0.15) is 15.6 Å². The van der Waals surface area contributed by atoms with E-state index in [4.69, 9.17) is 10.5 Å². The number of hydrogen-bond donors (Lipinski definition) is 1. The molecular weight excluding hydrogens is 248 g/mol. The van der Waals surface area contributed by atoms with Crippen LogP contribution in [0, 0.1) is 22.7 Å². The fourth-order valence-corrected chi connectivity index (χ4v) is 2.41. The van der Waals surface area contributed by atoms with Gasteiger partial charge in [0.1, 0.15) is 12.1 Å². The van der Waals surface area contributed by atoms with Gasteiger partial charge in [0.2, 0.25) is 5.71 Å². The van der Waals surface area contributed by atoms with Gasteiger partial charge in [-0.1, -0.05) is 30.3 Å². The average molecular weight is 258 g/mol. The molecule has 0 bridgehead atoms. The number of hydrogen-bond acceptors (Lipinski definition) is 4. The molecule has 0 fully saturated rings. The number of benzene rings is 2. The summed E-state index contributed by atoms with van der Waals surface area (Å²) in [6.07, 6.45) is 0.897. The Morgan fingerprint density at radius 3 is 2.55 bits per heavy atom. The number of nitrogens with zero attached hydrogens (tertiary/aromatic N) is 3. The van der Waals surface area contributed by atoms with Crippen molar-refractivity contribution in [1.82, 2.24) is 0 Å². The first-order valence-corrected chi connectivity index (χ1v) is 6.17. The van der Waals surface area contributed by atoms with Crippen molar-refractivity contribution < 1.29 is 0 Å². The summed E-state index contributed by atoms with van der Waals surface area (Å²) in [5.41, 5.74) is 8.38. The molecule has 94 valence electrons. The Morgan fingerprint density at radius 2 is 1.75 bits per heavy atom. The van der Waals surface area contributed by atoms with Crippen molar-refractivity contribution in [3.05, 3.63) is 53.6 Å². The zero-order valence-electron chi connectivity index (χ0n) is 10.6. The van der Waals surface area contributed by atoms with Gasteiger partial charge in [0.05, 0.1) is 5.69 Å². The lowest BCUT2D eigenvalue weighted by Gasteiger charge is -2.04. The van der Waals surface area contributed by atoms with Crippen LogP contribution in [0.4, 0.5) is 5.69 Å². The third-order valence-corrected chi connectivity index (χ3v) is 3.30. The van der Waals surface area contributed by atoms with Gasteiger partial charge in [0, 0.05) is 0 Å². The van der Waals surface area contributed by atoms with Crippen LogP contribution < -0.4 is 5.43 Å². The molecule has 2 aromatic rings. The summed E-state index contributed by atoms with van der Waals surface area (Å²) in [6.45, 7) is 0. The SMILES string of the molecule is N#CC(C#N)=NNc1ccc2c(c1)Cc1ccccc1-2. The Hall–Kier alpha value is -3.11. The molecule has 20 heavy (non-hydrogen) atoms. The van der Waals surface area contributed by atoms with Crippen molar-refractivity contribution in [2.75, 3.05) is 5.43 Å². The van der Waals surface area contributed by atoms with Crippen LogP contribution >= 0.6 is 0 Å². The third-order valence-electron chi connectivity index (χ3n) is 3.30. The molecule has 1 aliphatic carbocycles. The standard InChI is InChI=1S/C16H10N4/c17-9-14(10-18)20-19-13-5-6-16-12(8-13)7-11-3-1-2-4-15(11)16/h1-6,8,19H,7H2. The average Bonchev–Trinajstić information content (AvgIpc) is 2.86. The summed E-state index contributed by atoms with van der Waals surface area (Å²) in [5, 5.41) is 21.0. The van der Waals surface area contributed by atoms with E-state index in [1.54, 1.807) is 12.1 Å². The van der Waals surface area contributed by atoms with Gasteiger partial charge in [-0.25, -0.2) is 0 Å². The van der Waals surface area contributed by atoms with E-state index < -0.39 is 0 Å². The monoisotopic (exact) mass is 258 g/mol. The molecule has 0 aromatic heterocycles. The second kappa shape index (κ2) is 4.87. The molecule has 0 spiro atoms. The quantitative estimate of drug-likeness (QED) is 0.567. The summed E-state index contributed by atoms with van der Waals surface area (Å²) in [4.78, 5) is 0. The van der Waals surface area contributed by atoms with E-state index in [0.717, 1.165) is 12.1 Å². The number of anilines is 1. The van der Waals surface area contributed by atoms with Crippen molar-refractivity contribution >= 4 is 11.4 Å². The van der Waals surface area contributed by atoms with Gasteiger partial charge < -0.3 is 0 Å². The Labute approximate surface area is 116 Å². The molecule has 0 radical (unpaired) electrons. The summed E-state index contributed by atoms with van der Waals surface area (Å²) in [6, 6.07) is 17.7. The highest BCUT2D eigenvalue weighted by Crippen LogP contribution is 2.37. The van der Waals surface area contributed by atoms with Crippen molar-refractivity contribution in [3.63, 3.8) is 0 Å². The molecule has 0 saturated carbocycles. The number of rotatable bonds is 2. The molecule has 0 atom stereocenters. The minimum Gasteiger partial charge on any atom is -0.277 e. The van der Waals surface area contributed by atoms with Crippen LogP contribution in [0.25, 0.3) is 11.1 Å². The molecule has 4 heteroatoms. The fourth-order valence-electron chi connectivity index (χ4n) is 2.41. The molecule has 0 saturated heterocycles. The maximum Gasteiger partial charge on any atom is 0.237 e. The highest BCUT2D eigenvalue weighted by molar-refractivity contribution is 6.10. The summed E-state index contributed by atoms with van der Waals surface area (Å²) in [5.74, 6) is 0. The first-order chi connectivity index (χ1) is 9.81. The highest BCUT2D eigenvalue weighted by Gasteiger charge is 2.17. The van der Waals surface area contributed by atoms with Gasteiger partial charge in [0.25, 0.3) is 0 Å². The topological polar surface area (TPSA) is 72.0 Å². The van der Waals surface area contributed by atoms with Gasteiger partial charge in [-0.05, 0) is 40.8 Å². The van der Waals surface area contributed by atoms with Crippen molar-refractivity contribution in [3.8, 4) is 23.3 Å². The highest BCUT2D eigenvalue weighted by atomic mass is 15.3. The van der Waals surface area contributed by atoms with E-state index in [1.807, 2.05) is 30.3 Å². The maximum atomic E-state index is 8.63. The van der Waals surface area contributed by atoms with Gasteiger partial charge >= 0.3 is 0 Å². The maximum absolute atomic E-state index is 8.63. The van der Waals surface area contributed by atoms with E-state index >= 15 is 0 Å². The van der Waals surface area contributed by atoms with Crippen LogP contribution in [0.3, 0.4) is 0 Å². The second-order valence-corrected chi connectivity index (χ2v) is 4.50. The van der Waals surface area contributed by atoms with Gasteiger partial charge in [0.15, 0.2) is 0 Å².